The molecule has 3 aliphatic carbocycles. The zero-order valence-electron chi connectivity index (χ0n) is 9.47. The van der Waals surface area contributed by atoms with Gasteiger partial charge in [0.1, 0.15) is 0 Å². The molecule has 0 saturated heterocycles. The molecule has 0 amide bonds. The lowest BCUT2D eigenvalue weighted by atomic mass is 9.71. The summed E-state index contributed by atoms with van der Waals surface area (Å²) in [4.78, 5) is 12.3. The summed E-state index contributed by atoms with van der Waals surface area (Å²) >= 11 is 0. The van der Waals surface area contributed by atoms with Crippen LogP contribution in [0.5, 0.6) is 0 Å². The normalized spacial score (nSPS) is 41.6. The minimum atomic E-state index is -0.535. The van der Waals surface area contributed by atoms with Crippen molar-refractivity contribution in [3.05, 3.63) is 36.5 Å². The van der Waals surface area contributed by atoms with Crippen LogP contribution in [0.4, 0.5) is 0 Å². The maximum absolute atomic E-state index is 12.3. The number of carbonyl (C=O) groups is 1. The second kappa shape index (κ2) is 3.72. The molecule has 0 heterocycles. The van der Waals surface area contributed by atoms with Crippen molar-refractivity contribution in [1.29, 1.82) is 0 Å². The first kappa shape index (κ1) is 10.6. The molecule has 5 atom stereocenters. The van der Waals surface area contributed by atoms with E-state index in [-0.39, 0.29) is 17.6 Å². The molecule has 0 aromatic rings. The number of Topliss-reactive ketones (excluding diaryl/α,β-unsaturated/α-hetero) is 1. The van der Waals surface area contributed by atoms with Crippen molar-refractivity contribution in [1.82, 2.24) is 0 Å². The molecule has 86 valence electrons. The molecule has 2 nitrogen and oxygen atoms in total. The van der Waals surface area contributed by atoms with Crippen LogP contribution in [0, 0.1) is 35.5 Å². The first-order valence-corrected chi connectivity index (χ1v) is 5.97. The van der Waals surface area contributed by atoms with Gasteiger partial charge in [-0.2, -0.15) is 0 Å². The highest BCUT2D eigenvalue weighted by molar-refractivity contribution is 6.03. The van der Waals surface area contributed by atoms with Crippen LogP contribution in [-0.2, 0) is 4.79 Å². The number of allylic oxidation sites excluding steroid dienone is 4. The lowest BCUT2D eigenvalue weighted by Crippen LogP contribution is -2.39. The average Bonchev–Trinajstić information content (AvgIpc) is 2.92. The van der Waals surface area contributed by atoms with Gasteiger partial charge < -0.3 is 5.11 Å². The van der Waals surface area contributed by atoms with Crippen LogP contribution in [0.1, 0.15) is 6.42 Å². The molecular formula is C15H14O2. The third-order valence-electron chi connectivity index (χ3n) is 4.13. The largest absolute Gasteiger partial charge is 0.389 e. The van der Waals surface area contributed by atoms with Gasteiger partial charge in [-0.3, -0.25) is 4.79 Å². The van der Waals surface area contributed by atoms with E-state index in [1.54, 1.807) is 6.08 Å². The number of carbonyl (C=O) groups excluding carboxylic acids is 1. The van der Waals surface area contributed by atoms with Crippen molar-refractivity contribution in [3.63, 3.8) is 0 Å². The minimum absolute atomic E-state index is 0.0564. The molecule has 0 aromatic heterocycles. The summed E-state index contributed by atoms with van der Waals surface area (Å²) < 4.78 is 0. The van der Waals surface area contributed by atoms with E-state index in [1.807, 2.05) is 0 Å². The van der Waals surface area contributed by atoms with E-state index < -0.39 is 6.10 Å². The van der Waals surface area contributed by atoms with E-state index in [1.165, 1.54) is 6.08 Å². The van der Waals surface area contributed by atoms with Crippen molar-refractivity contribution >= 4 is 5.78 Å². The Kier molecular flexibility index (Phi) is 2.31. The Morgan fingerprint density at radius 1 is 1.41 bits per heavy atom. The molecule has 0 radical (unpaired) electrons. The molecule has 1 N–H and O–H groups in total. The number of aliphatic hydroxyl groups excluding tert-OH is 1. The predicted octanol–water partition coefficient (Wildman–Crippen LogP) is 1.48. The average molecular weight is 226 g/mol. The first-order valence-electron chi connectivity index (χ1n) is 5.97. The fourth-order valence-corrected chi connectivity index (χ4v) is 3.47. The van der Waals surface area contributed by atoms with Crippen LogP contribution in [0.2, 0.25) is 0 Å². The Hall–Kier alpha value is -1.59. The van der Waals surface area contributed by atoms with Crippen LogP contribution in [0.25, 0.3) is 0 Å². The zero-order valence-corrected chi connectivity index (χ0v) is 9.47. The first-order chi connectivity index (χ1) is 8.22. The van der Waals surface area contributed by atoms with Gasteiger partial charge in [0.15, 0.2) is 5.78 Å². The van der Waals surface area contributed by atoms with Crippen molar-refractivity contribution in [2.45, 2.75) is 12.5 Å². The van der Waals surface area contributed by atoms with Crippen LogP contribution in [0.3, 0.4) is 0 Å². The standard InChI is InChI=1S/C15H14O2/c1-2-3-4-11-8-12(16)13-9-5-6-10(7-9)14(13)15(11)17/h2,5-6,8-10,12-14,16H,1,7H2/t9-,10+,12+,13+,14+/m0/s1. The third kappa shape index (κ3) is 1.43. The van der Waals surface area contributed by atoms with Gasteiger partial charge in [0.2, 0.25) is 0 Å². The van der Waals surface area contributed by atoms with Gasteiger partial charge in [0, 0.05) is 11.8 Å². The Labute approximate surface area is 101 Å². The van der Waals surface area contributed by atoms with Crippen LogP contribution >= 0.6 is 0 Å². The van der Waals surface area contributed by atoms with Crippen LogP contribution < -0.4 is 0 Å². The number of aliphatic hydroxyl groups is 1. The number of hydrogen-bond donors (Lipinski definition) is 1. The molecule has 3 aliphatic rings. The van der Waals surface area contributed by atoms with Gasteiger partial charge in [-0.05, 0) is 30.4 Å². The van der Waals surface area contributed by atoms with Crippen LogP contribution in [0.15, 0.2) is 36.5 Å². The predicted molar refractivity (Wildman–Crippen MR) is 64.8 cm³/mol. The molecule has 0 unspecified atom stereocenters. The van der Waals surface area contributed by atoms with E-state index in [0.29, 0.717) is 17.4 Å². The summed E-state index contributed by atoms with van der Waals surface area (Å²) in [7, 11) is 0. The Bertz CT molecular complexity index is 501. The topological polar surface area (TPSA) is 37.3 Å². The molecule has 1 fully saturated rings. The number of fused-ring (bicyclic) bond motifs is 5. The lowest BCUT2D eigenvalue weighted by molar-refractivity contribution is -0.123. The molecule has 1 saturated carbocycles. The van der Waals surface area contributed by atoms with Gasteiger partial charge >= 0.3 is 0 Å². The summed E-state index contributed by atoms with van der Waals surface area (Å²) in [6.07, 6.45) is 7.83. The van der Waals surface area contributed by atoms with E-state index >= 15 is 0 Å². The maximum Gasteiger partial charge on any atom is 0.175 e. The number of rotatable bonds is 0. The highest BCUT2D eigenvalue weighted by atomic mass is 16.3. The number of ketones is 1. The molecule has 2 heteroatoms. The van der Waals surface area contributed by atoms with Crippen molar-refractivity contribution < 1.29 is 9.90 Å². The minimum Gasteiger partial charge on any atom is -0.389 e. The smallest absolute Gasteiger partial charge is 0.175 e. The van der Waals surface area contributed by atoms with Crippen molar-refractivity contribution in [2.75, 3.05) is 0 Å². The van der Waals surface area contributed by atoms with Crippen molar-refractivity contribution in [3.8, 4) is 11.8 Å². The van der Waals surface area contributed by atoms with Gasteiger partial charge in [0.25, 0.3) is 0 Å². The molecular weight excluding hydrogens is 212 g/mol. The SMILES string of the molecule is C=CC#CC1=C[C@@H](O)[C@@H]2[C@H](C1=O)[C@@H]1C=C[C@H]2C1. The van der Waals surface area contributed by atoms with Gasteiger partial charge in [0.05, 0.1) is 11.7 Å². The van der Waals surface area contributed by atoms with Gasteiger partial charge in [-0.25, -0.2) is 0 Å². The summed E-state index contributed by atoms with van der Waals surface area (Å²) in [5.74, 6) is 6.27. The zero-order chi connectivity index (χ0) is 12.0. The fraction of sp³-hybridized carbons (Fsp3) is 0.400. The molecule has 2 bridgehead atoms. The lowest BCUT2D eigenvalue weighted by Gasteiger charge is -2.33. The second-order valence-corrected chi connectivity index (χ2v) is 4.96. The summed E-state index contributed by atoms with van der Waals surface area (Å²) in [5, 5.41) is 10.1. The van der Waals surface area contributed by atoms with E-state index in [0.717, 1.165) is 6.42 Å². The second-order valence-electron chi connectivity index (χ2n) is 4.96. The highest BCUT2D eigenvalue weighted by Gasteiger charge is 2.52. The monoisotopic (exact) mass is 226 g/mol. The van der Waals surface area contributed by atoms with E-state index in [2.05, 4.69) is 30.6 Å². The molecule has 3 rings (SSSR count). The van der Waals surface area contributed by atoms with Crippen LogP contribution in [-0.4, -0.2) is 17.0 Å². The Morgan fingerprint density at radius 2 is 2.18 bits per heavy atom. The molecule has 17 heavy (non-hydrogen) atoms. The molecule has 0 aromatic carbocycles. The summed E-state index contributed by atoms with van der Waals surface area (Å²) in [6.45, 7) is 3.51. The molecule has 0 spiro atoms. The highest BCUT2D eigenvalue weighted by Crippen LogP contribution is 2.52. The Morgan fingerprint density at radius 3 is 2.94 bits per heavy atom. The van der Waals surface area contributed by atoms with Gasteiger partial charge in [-0.1, -0.05) is 30.6 Å². The van der Waals surface area contributed by atoms with Gasteiger partial charge in [-0.15, -0.1) is 0 Å². The quantitative estimate of drug-likeness (QED) is 0.502. The van der Waals surface area contributed by atoms with E-state index in [9.17, 15) is 9.90 Å². The number of hydrogen-bond acceptors (Lipinski definition) is 2. The summed E-state index contributed by atoms with van der Waals surface area (Å²) in [6, 6.07) is 0. The van der Waals surface area contributed by atoms with Crippen molar-refractivity contribution in [2.24, 2.45) is 23.7 Å². The molecule has 0 aliphatic heterocycles. The summed E-state index contributed by atoms with van der Waals surface area (Å²) in [5.41, 5.74) is 0.458. The third-order valence-corrected chi connectivity index (χ3v) is 4.13. The van der Waals surface area contributed by atoms with E-state index in [4.69, 9.17) is 0 Å². The maximum atomic E-state index is 12.3. The Balaban J connectivity index is 1.99. The fourth-order valence-electron chi connectivity index (χ4n) is 3.47.